The van der Waals surface area contributed by atoms with Crippen LogP contribution in [0.4, 0.5) is 5.69 Å². The topological polar surface area (TPSA) is 133 Å². The lowest BCUT2D eigenvalue weighted by Gasteiger charge is -2.28. The van der Waals surface area contributed by atoms with Gasteiger partial charge in [-0.1, -0.05) is 32.0 Å². The molecule has 0 saturated carbocycles. The minimum Gasteiger partial charge on any atom is -0.477 e. The van der Waals surface area contributed by atoms with Crippen LogP contribution >= 0.6 is 15.9 Å². The normalized spacial score (nSPS) is 12.2. The first-order valence-corrected chi connectivity index (χ1v) is 13.9. The van der Waals surface area contributed by atoms with Crippen LogP contribution in [0.2, 0.25) is 0 Å². The molecule has 1 aromatic heterocycles. The summed E-state index contributed by atoms with van der Waals surface area (Å²) in [6.45, 7) is 10.1. The molecule has 5 N–H and O–H groups in total. The predicted octanol–water partition coefficient (Wildman–Crippen LogP) is 3.96. The lowest BCUT2D eigenvalue weighted by molar-refractivity contribution is -0.124. The fourth-order valence-electron chi connectivity index (χ4n) is 3.75. The molecule has 0 saturated heterocycles. The summed E-state index contributed by atoms with van der Waals surface area (Å²) in [6.07, 6.45) is 2.07. The number of anilines is 1. The van der Waals surface area contributed by atoms with Crippen molar-refractivity contribution in [1.29, 1.82) is 0 Å². The van der Waals surface area contributed by atoms with Crippen molar-refractivity contribution in [3.8, 4) is 5.88 Å². The number of carbonyl (C=O) groups excluding carboxylic acids is 3. The number of carbonyl (C=O) groups is 3. The molecule has 0 bridgehead atoms. The van der Waals surface area contributed by atoms with E-state index in [0.29, 0.717) is 34.4 Å². The summed E-state index contributed by atoms with van der Waals surface area (Å²) in [4.78, 5) is 43.7. The van der Waals surface area contributed by atoms with Crippen LogP contribution in [0.25, 0.3) is 0 Å². The largest absolute Gasteiger partial charge is 0.477 e. The van der Waals surface area contributed by atoms with E-state index in [1.807, 2.05) is 59.9 Å². The van der Waals surface area contributed by atoms with Gasteiger partial charge in [0, 0.05) is 54.0 Å². The number of benzene rings is 1. The molecule has 1 heterocycles. The second-order valence-electron chi connectivity index (χ2n) is 10.7. The van der Waals surface area contributed by atoms with Crippen molar-refractivity contribution in [2.45, 2.75) is 53.0 Å². The Hall–Kier alpha value is -3.44. The number of halogens is 1. The molecule has 10 nitrogen and oxygen atoms in total. The lowest BCUT2D eigenvalue weighted by atomic mass is 9.88. The summed E-state index contributed by atoms with van der Waals surface area (Å²) in [5, 5.41) is 14.9. The average Bonchev–Trinajstić information content (AvgIpc) is 2.90. The Labute approximate surface area is 245 Å². The minimum atomic E-state index is -0.629. The van der Waals surface area contributed by atoms with E-state index in [1.165, 1.54) is 0 Å². The SMILES string of the molecule is CCOc1ncc(Br)cc1C(=O)NCC(C)(C)CC(=O)N/C(C(=O)Nc1ccccc1)=C(\CC(C)(C)NC)NC. The number of rotatable bonds is 14. The molecule has 0 radical (unpaired) electrons. The third-order valence-electron chi connectivity index (χ3n) is 6.13. The van der Waals surface area contributed by atoms with E-state index in [1.54, 1.807) is 31.4 Å². The molecule has 0 spiro atoms. The Balaban J connectivity index is 2.19. The quantitative estimate of drug-likeness (QED) is 0.203. The van der Waals surface area contributed by atoms with E-state index in [9.17, 15) is 14.4 Å². The highest BCUT2D eigenvalue weighted by Crippen LogP contribution is 2.23. The van der Waals surface area contributed by atoms with Crippen molar-refractivity contribution in [2.24, 2.45) is 5.41 Å². The smallest absolute Gasteiger partial charge is 0.273 e. The van der Waals surface area contributed by atoms with Crippen molar-refractivity contribution in [3.05, 3.63) is 64.0 Å². The zero-order valence-corrected chi connectivity index (χ0v) is 25.9. The second-order valence-corrected chi connectivity index (χ2v) is 11.7. The molecule has 2 aromatic rings. The first-order valence-electron chi connectivity index (χ1n) is 13.1. The molecule has 3 amide bonds. The number of nitrogens with zero attached hydrogens (tertiary/aromatic N) is 1. The second kappa shape index (κ2) is 14.8. The molecule has 218 valence electrons. The summed E-state index contributed by atoms with van der Waals surface area (Å²) in [6, 6.07) is 10.7. The zero-order chi connectivity index (χ0) is 29.9. The molecule has 0 fully saturated rings. The fraction of sp³-hybridized carbons (Fsp3) is 0.448. The van der Waals surface area contributed by atoms with Gasteiger partial charge in [-0.2, -0.15) is 0 Å². The summed E-state index contributed by atoms with van der Waals surface area (Å²) in [5.74, 6) is -0.915. The first-order chi connectivity index (χ1) is 18.8. The van der Waals surface area contributed by atoms with Crippen molar-refractivity contribution >= 4 is 39.3 Å². The molecular weight excluding hydrogens is 576 g/mol. The van der Waals surface area contributed by atoms with Crippen LogP contribution < -0.4 is 31.3 Å². The monoisotopic (exact) mass is 616 g/mol. The number of pyridine rings is 1. The molecule has 1 aromatic carbocycles. The van der Waals surface area contributed by atoms with Crippen LogP contribution in [-0.2, 0) is 9.59 Å². The number of amides is 3. The third kappa shape index (κ3) is 10.3. The molecule has 0 atom stereocenters. The Morgan fingerprint density at radius 3 is 2.30 bits per heavy atom. The Kier molecular flexibility index (Phi) is 12.1. The summed E-state index contributed by atoms with van der Waals surface area (Å²) >= 11 is 3.34. The number of hydrogen-bond donors (Lipinski definition) is 5. The minimum absolute atomic E-state index is 0.0524. The van der Waals surface area contributed by atoms with Crippen LogP contribution in [0.5, 0.6) is 5.88 Å². The Morgan fingerprint density at radius 2 is 1.70 bits per heavy atom. The van der Waals surface area contributed by atoms with Gasteiger partial charge in [-0.25, -0.2) is 4.98 Å². The highest BCUT2D eigenvalue weighted by Gasteiger charge is 2.28. The van der Waals surface area contributed by atoms with Crippen LogP contribution in [-0.4, -0.2) is 55.5 Å². The molecule has 11 heteroatoms. The van der Waals surface area contributed by atoms with Crippen LogP contribution in [0.3, 0.4) is 0 Å². The molecule has 0 aliphatic heterocycles. The van der Waals surface area contributed by atoms with Crippen molar-refractivity contribution in [2.75, 3.05) is 32.6 Å². The van der Waals surface area contributed by atoms with Gasteiger partial charge in [0.05, 0.1) is 6.61 Å². The van der Waals surface area contributed by atoms with Gasteiger partial charge in [-0.05, 0) is 67.4 Å². The van der Waals surface area contributed by atoms with E-state index >= 15 is 0 Å². The summed E-state index contributed by atoms with van der Waals surface area (Å²) in [5.41, 5.74) is 0.658. The number of ether oxygens (including phenoxy) is 1. The number of nitrogens with one attached hydrogen (secondary N) is 5. The van der Waals surface area contributed by atoms with Crippen LogP contribution in [0.15, 0.2) is 58.5 Å². The highest BCUT2D eigenvalue weighted by molar-refractivity contribution is 9.10. The fourth-order valence-corrected chi connectivity index (χ4v) is 4.08. The van der Waals surface area contributed by atoms with Gasteiger partial charge in [-0.3, -0.25) is 14.4 Å². The lowest BCUT2D eigenvalue weighted by Crippen LogP contribution is -2.42. The number of hydrogen-bond acceptors (Lipinski definition) is 7. The summed E-state index contributed by atoms with van der Waals surface area (Å²) in [7, 11) is 3.56. The first kappa shape index (κ1) is 32.8. The standard InChI is InChI=1S/C29H41BrN6O4/c1-8-40-27-21(14-19(30)17-33-27)25(38)34-18-28(2,3)16-23(37)36-24(22(31-6)15-29(4,5)32-7)26(39)35-20-12-10-9-11-13-20/h9-14,17,31-32H,8,15-16,18H2,1-7H3,(H,34,38)(H,35,39)(H,36,37)/b24-22+. The molecule has 0 aliphatic rings. The molecule has 0 unspecified atom stereocenters. The third-order valence-corrected chi connectivity index (χ3v) is 6.57. The van der Waals surface area contributed by atoms with E-state index in [4.69, 9.17) is 4.74 Å². The predicted molar refractivity (Wildman–Crippen MR) is 161 cm³/mol. The molecule has 40 heavy (non-hydrogen) atoms. The molecule has 0 aliphatic carbocycles. The van der Waals surface area contributed by atoms with E-state index in [-0.39, 0.29) is 41.9 Å². The van der Waals surface area contributed by atoms with Gasteiger partial charge in [0.15, 0.2) is 0 Å². The van der Waals surface area contributed by atoms with Crippen LogP contribution in [0, 0.1) is 5.41 Å². The van der Waals surface area contributed by atoms with Crippen LogP contribution in [0.1, 0.15) is 57.8 Å². The van der Waals surface area contributed by atoms with E-state index in [2.05, 4.69) is 47.5 Å². The maximum Gasteiger partial charge on any atom is 0.273 e. The van der Waals surface area contributed by atoms with E-state index < -0.39 is 11.3 Å². The van der Waals surface area contributed by atoms with Gasteiger partial charge in [-0.15, -0.1) is 0 Å². The molecule has 2 rings (SSSR count). The van der Waals surface area contributed by atoms with Gasteiger partial charge in [0.25, 0.3) is 11.8 Å². The van der Waals surface area contributed by atoms with Gasteiger partial charge in [0.2, 0.25) is 11.8 Å². The Bertz CT molecular complexity index is 1210. The maximum atomic E-state index is 13.4. The number of aromatic nitrogens is 1. The van der Waals surface area contributed by atoms with Crippen molar-refractivity contribution < 1.29 is 19.1 Å². The van der Waals surface area contributed by atoms with Gasteiger partial charge in [0.1, 0.15) is 11.3 Å². The summed E-state index contributed by atoms with van der Waals surface area (Å²) < 4.78 is 6.13. The van der Waals surface area contributed by atoms with Gasteiger partial charge >= 0.3 is 0 Å². The van der Waals surface area contributed by atoms with Crippen molar-refractivity contribution in [1.82, 2.24) is 26.3 Å². The molecular formula is C29H41BrN6O4. The van der Waals surface area contributed by atoms with E-state index in [0.717, 1.165) is 0 Å². The maximum absolute atomic E-state index is 13.4. The van der Waals surface area contributed by atoms with Crippen molar-refractivity contribution in [3.63, 3.8) is 0 Å². The average molecular weight is 618 g/mol. The highest BCUT2D eigenvalue weighted by atomic mass is 79.9. The Morgan fingerprint density at radius 1 is 1.02 bits per heavy atom. The number of para-hydroxylation sites is 1. The zero-order valence-electron chi connectivity index (χ0n) is 24.3. The van der Waals surface area contributed by atoms with Gasteiger partial charge < -0.3 is 31.3 Å².